The third-order valence-corrected chi connectivity index (χ3v) is 8.59. The highest BCUT2D eigenvalue weighted by molar-refractivity contribution is 7.89. The first-order chi connectivity index (χ1) is 14.9. The highest BCUT2D eigenvalue weighted by Crippen LogP contribution is 2.31. The Bertz CT molecular complexity index is 956. The van der Waals surface area contributed by atoms with Gasteiger partial charge in [0, 0.05) is 18.1 Å². The number of hydrogen-bond donors (Lipinski definition) is 2. The molecule has 2 N–H and O–H groups in total. The normalized spacial score (nSPS) is 22.8. The van der Waals surface area contributed by atoms with Crippen molar-refractivity contribution in [1.29, 1.82) is 0 Å². The van der Waals surface area contributed by atoms with E-state index < -0.39 is 27.5 Å². The minimum atomic E-state index is -3.99. The minimum Gasteiger partial charge on any atom is -0.353 e. The van der Waals surface area contributed by atoms with Crippen molar-refractivity contribution in [1.82, 2.24) is 14.9 Å². The van der Waals surface area contributed by atoms with Crippen LogP contribution in [0, 0.1) is 20.8 Å². The number of hydrogen-bond acceptors (Lipinski definition) is 4. The molecule has 2 amide bonds. The standard InChI is InChI=1S/C24H37N3O4S/c1-16-12-17(2)22(18(3)13-16)32(30,31)27-15-24(4,5)26-23(29)20(27)14-21(28)25-19-10-8-6-7-9-11-19/h12-13,19-20H,6-11,14-15H2,1-5H3,(H,25,28)(H,26,29)/t20-/m1/s1. The molecule has 1 aromatic carbocycles. The highest BCUT2D eigenvalue weighted by Gasteiger charge is 2.46. The molecule has 1 aromatic rings. The van der Waals surface area contributed by atoms with E-state index in [0.717, 1.165) is 31.2 Å². The molecule has 8 heteroatoms. The van der Waals surface area contributed by atoms with Gasteiger partial charge in [-0.2, -0.15) is 4.31 Å². The quantitative estimate of drug-likeness (QED) is 0.656. The van der Waals surface area contributed by atoms with Crippen molar-refractivity contribution < 1.29 is 18.0 Å². The Labute approximate surface area is 192 Å². The van der Waals surface area contributed by atoms with E-state index in [2.05, 4.69) is 10.6 Å². The molecule has 0 aromatic heterocycles. The lowest BCUT2D eigenvalue weighted by atomic mass is 9.98. The number of piperazine rings is 1. The number of rotatable bonds is 5. The summed E-state index contributed by atoms with van der Waals surface area (Å²) in [7, 11) is -3.99. The van der Waals surface area contributed by atoms with Crippen molar-refractivity contribution in [3.05, 3.63) is 28.8 Å². The van der Waals surface area contributed by atoms with E-state index in [0.29, 0.717) is 11.1 Å². The molecule has 0 spiro atoms. The number of amides is 2. The molecule has 1 aliphatic heterocycles. The predicted octanol–water partition coefficient (Wildman–Crippen LogP) is 3.11. The van der Waals surface area contributed by atoms with Crippen LogP contribution in [-0.2, 0) is 19.6 Å². The van der Waals surface area contributed by atoms with Gasteiger partial charge in [-0.25, -0.2) is 8.42 Å². The molecule has 1 saturated heterocycles. The summed E-state index contributed by atoms with van der Waals surface area (Å²) in [6, 6.07) is 2.70. The summed E-state index contributed by atoms with van der Waals surface area (Å²) in [5, 5.41) is 5.94. The van der Waals surface area contributed by atoms with Gasteiger partial charge in [0.15, 0.2) is 0 Å². The van der Waals surface area contributed by atoms with Crippen molar-refractivity contribution in [2.24, 2.45) is 0 Å². The zero-order valence-corrected chi connectivity index (χ0v) is 20.8. The molecule has 178 valence electrons. The number of benzene rings is 1. The van der Waals surface area contributed by atoms with Gasteiger partial charge in [0.2, 0.25) is 21.8 Å². The maximum atomic E-state index is 13.8. The molecule has 0 bridgehead atoms. The lowest BCUT2D eigenvalue weighted by Gasteiger charge is -2.42. The molecule has 32 heavy (non-hydrogen) atoms. The largest absolute Gasteiger partial charge is 0.353 e. The first-order valence-electron chi connectivity index (χ1n) is 11.6. The van der Waals surface area contributed by atoms with Crippen LogP contribution in [-0.4, -0.2) is 48.7 Å². The number of nitrogens with one attached hydrogen (secondary N) is 2. The summed E-state index contributed by atoms with van der Waals surface area (Å²) in [5.74, 6) is -0.697. The van der Waals surface area contributed by atoms with Crippen molar-refractivity contribution in [3.63, 3.8) is 0 Å². The van der Waals surface area contributed by atoms with Gasteiger partial charge in [0.25, 0.3) is 0 Å². The topological polar surface area (TPSA) is 95.6 Å². The number of aryl methyl sites for hydroxylation is 3. The number of carbonyl (C=O) groups is 2. The van der Waals surface area contributed by atoms with Crippen LogP contribution in [0.3, 0.4) is 0 Å². The molecule has 1 heterocycles. The molecule has 0 unspecified atom stereocenters. The smallest absolute Gasteiger partial charge is 0.244 e. The fourth-order valence-electron chi connectivity index (χ4n) is 5.11. The van der Waals surface area contributed by atoms with Gasteiger partial charge in [-0.05, 0) is 58.6 Å². The minimum absolute atomic E-state index is 0.0970. The van der Waals surface area contributed by atoms with Crippen molar-refractivity contribution in [2.45, 2.75) is 102 Å². The second-order valence-corrected chi connectivity index (χ2v) is 12.0. The number of carbonyl (C=O) groups excluding carboxylic acids is 2. The zero-order valence-electron chi connectivity index (χ0n) is 20.0. The van der Waals surface area contributed by atoms with E-state index in [1.165, 1.54) is 17.1 Å². The van der Waals surface area contributed by atoms with E-state index in [1.54, 1.807) is 27.7 Å². The van der Waals surface area contributed by atoms with Crippen LogP contribution in [0.2, 0.25) is 0 Å². The van der Waals surface area contributed by atoms with Gasteiger partial charge in [-0.15, -0.1) is 0 Å². The Balaban J connectivity index is 1.90. The summed E-state index contributed by atoms with van der Waals surface area (Å²) in [6.07, 6.45) is 6.19. The Morgan fingerprint density at radius 2 is 1.66 bits per heavy atom. The van der Waals surface area contributed by atoms with Gasteiger partial charge < -0.3 is 10.6 Å². The van der Waals surface area contributed by atoms with Gasteiger partial charge in [0.1, 0.15) is 6.04 Å². The lowest BCUT2D eigenvalue weighted by molar-refractivity contribution is -0.134. The average molecular weight is 464 g/mol. The van der Waals surface area contributed by atoms with Crippen LogP contribution in [0.25, 0.3) is 0 Å². The van der Waals surface area contributed by atoms with Crippen molar-refractivity contribution in [2.75, 3.05) is 6.54 Å². The average Bonchev–Trinajstić information content (AvgIpc) is 2.90. The SMILES string of the molecule is Cc1cc(C)c(S(=O)(=O)N2CC(C)(C)NC(=O)[C@H]2CC(=O)NC2CCCCCC2)c(C)c1. The molecule has 3 rings (SSSR count). The Hall–Kier alpha value is -1.93. The Kier molecular flexibility index (Phi) is 7.34. The van der Waals surface area contributed by atoms with Gasteiger partial charge in [0.05, 0.1) is 11.3 Å². The van der Waals surface area contributed by atoms with Crippen LogP contribution < -0.4 is 10.6 Å². The molecule has 7 nitrogen and oxygen atoms in total. The molecule has 1 aliphatic carbocycles. The second-order valence-electron chi connectivity index (χ2n) is 10.1. The van der Waals surface area contributed by atoms with Crippen molar-refractivity contribution >= 4 is 21.8 Å². The fourth-order valence-corrected chi connectivity index (χ4v) is 7.27. The van der Waals surface area contributed by atoms with Crippen molar-refractivity contribution in [3.8, 4) is 0 Å². The maximum absolute atomic E-state index is 13.8. The highest BCUT2D eigenvalue weighted by atomic mass is 32.2. The van der Waals surface area contributed by atoms with Crippen LogP contribution in [0.15, 0.2) is 17.0 Å². The Morgan fingerprint density at radius 3 is 2.22 bits per heavy atom. The van der Waals surface area contributed by atoms with E-state index >= 15 is 0 Å². The van der Waals surface area contributed by atoms with E-state index in [4.69, 9.17) is 0 Å². The second kappa shape index (κ2) is 9.51. The molecule has 1 saturated carbocycles. The van der Waals surface area contributed by atoms with E-state index in [9.17, 15) is 18.0 Å². The maximum Gasteiger partial charge on any atom is 0.244 e. The van der Waals surface area contributed by atoms with Crippen LogP contribution in [0.5, 0.6) is 0 Å². The molecule has 2 fully saturated rings. The van der Waals surface area contributed by atoms with Gasteiger partial charge in [-0.1, -0.05) is 43.4 Å². The first kappa shape index (κ1) is 24.7. The third kappa shape index (κ3) is 5.52. The van der Waals surface area contributed by atoms with Gasteiger partial charge in [-0.3, -0.25) is 9.59 Å². The van der Waals surface area contributed by atoms with E-state index in [1.807, 2.05) is 19.1 Å². The zero-order chi connectivity index (χ0) is 23.7. The third-order valence-electron chi connectivity index (χ3n) is 6.43. The Morgan fingerprint density at radius 1 is 1.09 bits per heavy atom. The number of sulfonamides is 1. The molecule has 0 radical (unpaired) electrons. The van der Waals surface area contributed by atoms with Crippen LogP contribution >= 0.6 is 0 Å². The van der Waals surface area contributed by atoms with Crippen LogP contribution in [0.1, 0.15) is 75.5 Å². The predicted molar refractivity (Wildman–Crippen MR) is 125 cm³/mol. The number of nitrogens with zero attached hydrogens (tertiary/aromatic N) is 1. The summed E-state index contributed by atoms with van der Waals surface area (Å²) < 4.78 is 28.9. The fraction of sp³-hybridized carbons (Fsp3) is 0.667. The van der Waals surface area contributed by atoms with E-state index in [-0.39, 0.29) is 29.8 Å². The van der Waals surface area contributed by atoms with Gasteiger partial charge >= 0.3 is 0 Å². The molecular formula is C24H37N3O4S. The summed E-state index contributed by atoms with van der Waals surface area (Å²) in [5.41, 5.74) is 1.54. The monoisotopic (exact) mass is 463 g/mol. The molecule has 2 aliphatic rings. The first-order valence-corrected chi connectivity index (χ1v) is 13.1. The summed E-state index contributed by atoms with van der Waals surface area (Å²) in [6.45, 7) is 9.17. The molecule has 1 atom stereocenters. The summed E-state index contributed by atoms with van der Waals surface area (Å²) >= 11 is 0. The summed E-state index contributed by atoms with van der Waals surface area (Å²) in [4.78, 5) is 26.1. The lowest BCUT2D eigenvalue weighted by Crippen LogP contribution is -2.66. The molecular weight excluding hydrogens is 426 g/mol. The van der Waals surface area contributed by atoms with Crippen LogP contribution in [0.4, 0.5) is 0 Å².